The first-order chi connectivity index (χ1) is 14.3. The maximum atomic E-state index is 4.80. The molecule has 4 aromatic rings. The summed E-state index contributed by atoms with van der Waals surface area (Å²) in [5.74, 6) is 4.82. The first kappa shape index (κ1) is 19.7. The van der Waals surface area contributed by atoms with E-state index in [0.717, 1.165) is 0 Å². The lowest BCUT2D eigenvalue weighted by Crippen LogP contribution is -2.15. The fraction of sp³-hybridized carbons (Fsp3) is 0. The van der Waals surface area contributed by atoms with Crippen molar-refractivity contribution in [2.45, 2.75) is 0 Å². The Morgan fingerprint density at radius 3 is 1.24 bits per heavy atom. The van der Waals surface area contributed by atoms with Crippen LogP contribution < -0.4 is 21.2 Å². The highest BCUT2D eigenvalue weighted by Crippen LogP contribution is 2.48. The molecule has 0 aliphatic rings. The minimum absolute atomic E-state index is 0.589. The summed E-state index contributed by atoms with van der Waals surface area (Å²) in [6, 6.07) is 43.1. The molecule has 4 rings (SSSR count). The highest BCUT2D eigenvalue weighted by atomic mass is 31.2. The van der Waals surface area contributed by atoms with Gasteiger partial charge in [0.25, 0.3) is 0 Å². The molecule has 0 aromatic heterocycles. The van der Waals surface area contributed by atoms with Gasteiger partial charge >= 0.3 is 0 Å². The van der Waals surface area contributed by atoms with Crippen molar-refractivity contribution in [3.8, 4) is 0 Å². The average molecular weight is 410 g/mol. The van der Waals surface area contributed by atoms with E-state index in [0.29, 0.717) is 0 Å². The van der Waals surface area contributed by atoms with Crippen molar-refractivity contribution < 1.29 is 0 Å². The predicted octanol–water partition coefficient (Wildman–Crippen LogP) is 5.69. The molecule has 0 saturated carbocycles. The highest BCUT2D eigenvalue weighted by Gasteiger charge is 2.18. The quantitative estimate of drug-likeness (QED) is 0.358. The van der Waals surface area contributed by atoms with E-state index in [-0.39, 0.29) is 0 Å². The molecule has 0 heterocycles. The van der Waals surface area contributed by atoms with Crippen molar-refractivity contribution in [1.29, 1.82) is 0 Å². The molecule has 2 heteroatoms. The van der Waals surface area contributed by atoms with Gasteiger partial charge in [0.05, 0.1) is 0 Å². The molecule has 0 radical (unpaired) electrons. The lowest BCUT2D eigenvalue weighted by molar-refractivity contribution is 1.75. The van der Waals surface area contributed by atoms with Gasteiger partial charge in [-0.2, -0.15) is 0 Å². The van der Waals surface area contributed by atoms with Crippen LogP contribution in [-0.2, 0) is 0 Å². The average Bonchev–Trinajstić information content (AvgIpc) is 2.81. The summed E-state index contributed by atoms with van der Waals surface area (Å²) >= 11 is 0. The highest BCUT2D eigenvalue weighted by molar-refractivity contribution is 7.90. The van der Waals surface area contributed by atoms with Crippen LogP contribution in [0.1, 0.15) is 0 Å². The molecule has 0 fully saturated rings. The van der Waals surface area contributed by atoms with Crippen LogP contribution in [0.4, 0.5) is 0 Å². The summed E-state index contributed by atoms with van der Waals surface area (Å²) in [6.45, 7) is -1.88. The van der Waals surface area contributed by atoms with Crippen LogP contribution in [0, 0.1) is 0 Å². The largest absolute Gasteiger partial charge is 0.0892 e. The van der Waals surface area contributed by atoms with Crippen LogP contribution in [0.3, 0.4) is 0 Å². The van der Waals surface area contributed by atoms with E-state index in [1.165, 1.54) is 21.2 Å². The van der Waals surface area contributed by atoms with Gasteiger partial charge in [0.1, 0.15) is 0 Å². The summed E-state index contributed by atoms with van der Waals surface area (Å²) in [7, 11) is -0.589. The van der Waals surface area contributed by atoms with Crippen LogP contribution in [0.15, 0.2) is 133 Å². The Bertz CT molecular complexity index is 1020. The Morgan fingerprint density at radius 1 is 0.517 bits per heavy atom. The van der Waals surface area contributed by atoms with Crippen molar-refractivity contribution in [2.24, 2.45) is 0 Å². The number of hydrogen-bond donors (Lipinski definition) is 0. The van der Waals surface area contributed by atoms with E-state index in [9.17, 15) is 0 Å². The van der Waals surface area contributed by atoms with Crippen molar-refractivity contribution in [3.05, 3.63) is 133 Å². The fourth-order valence-corrected chi connectivity index (χ4v) is 8.51. The Kier molecular flexibility index (Phi) is 6.26. The molecule has 0 amide bonds. The standard InChI is InChI=1S/C27H24P2/c1-29(26-18-10-4-11-19-26,27-20-12-5-13-21-27)23-22-28(24-14-6-2-7-15-24)25-16-8-3-9-17-25/h2-23H,1H2/b23-22-. The number of rotatable bonds is 6. The van der Waals surface area contributed by atoms with Gasteiger partial charge < -0.3 is 0 Å². The van der Waals surface area contributed by atoms with Crippen LogP contribution >= 0.6 is 14.8 Å². The first-order valence-corrected chi connectivity index (χ1v) is 13.2. The Labute approximate surface area is 175 Å². The van der Waals surface area contributed by atoms with Crippen LogP contribution in [-0.4, -0.2) is 6.30 Å². The molecule has 0 bridgehead atoms. The molecule has 0 N–H and O–H groups in total. The third-order valence-electron chi connectivity index (χ3n) is 4.97. The second kappa shape index (κ2) is 9.23. The summed E-state index contributed by atoms with van der Waals surface area (Å²) in [5.41, 5.74) is 0. The van der Waals surface area contributed by atoms with E-state index in [1.54, 1.807) is 0 Å². The summed E-state index contributed by atoms with van der Waals surface area (Å²) < 4.78 is 0. The fourth-order valence-electron chi connectivity index (χ4n) is 3.39. The first-order valence-electron chi connectivity index (χ1n) is 9.70. The van der Waals surface area contributed by atoms with Gasteiger partial charge in [-0.15, -0.1) is 0 Å². The SMILES string of the molecule is C=P(/C=C\P(c1ccccc1)c1ccccc1)(c1ccccc1)c1ccccc1. The molecule has 0 aliphatic heterocycles. The lowest BCUT2D eigenvalue weighted by atomic mass is 10.4. The minimum atomic E-state index is -1.88. The molecule has 0 saturated heterocycles. The molecule has 0 aliphatic carbocycles. The second-order valence-electron chi connectivity index (χ2n) is 6.88. The Hall–Kier alpha value is -2.65. The van der Waals surface area contributed by atoms with Gasteiger partial charge in [-0.25, -0.2) is 0 Å². The summed E-state index contributed by atoms with van der Waals surface area (Å²) in [4.78, 5) is 0. The van der Waals surface area contributed by atoms with Gasteiger partial charge in [-0.1, -0.05) is 139 Å². The molecular formula is C27H24P2. The van der Waals surface area contributed by atoms with Crippen LogP contribution in [0.2, 0.25) is 0 Å². The zero-order chi connectivity index (χ0) is 19.9. The van der Waals surface area contributed by atoms with Gasteiger partial charge in [0, 0.05) is 0 Å². The lowest BCUT2D eigenvalue weighted by Gasteiger charge is -2.23. The predicted molar refractivity (Wildman–Crippen MR) is 134 cm³/mol. The zero-order valence-corrected chi connectivity index (χ0v) is 18.1. The minimum Gasteiger partial charge on any atom is -0.0892 e. The summed E-state index contributed by atoms with van der Waals surface area (Å²) in [6.07, 6.45) is 4.80. The summed E-state index contributed by atoms with van der Waals surface area (Å²) in [5, 5.41) is 5.33. The molecule has 0 nitrogen and oxygen atoms in total. The third-order valence-corrected chi connectivity index (χ3v) is 10.5. The van der Waals surface area contributed by atoms with E-state index < -0.39 is 14.8 Å². The molecule has 29 heavy (non-hydrogen) atoms. The van der Waals surface area contributed by atoms with Crippen molar-refractivity contribution in [1.82, 2.24) is 0 Å². The Balaban J connectivity index is 1.82. The van der Waals surface area contributed by atoms with Crippen LogP contribution in [0.25, 0.3) is 0 Å². The molecular weight excluding hydrogens is 386 g/mol. The molecule has 142 valence electrons. The molecule has 4 aromatic carbocycles. The van der Waals surface area contributed by atoms with Gasteiger partial charge in [0.15, 0.2) is 0 Å². The van der Waals surface area contributed by atoms with Gasteiger partial charge in [-0.05, 0) is 36.0 Å². The van der Waals surface area contributed by atoms with Gasteiger partial charge in [-0.3, -0.25) is 0 Å². The zero-order valence-electron chi connectivity index (χ0n) is 16.3. The van der Waals surface area contributed by atoms with Crippen molar-refractivity contribution in [3.63, 3.8) is 0 Å². The molecule has 0 unspecified atom stereocenters. The van der Waals surface area contributed by atoms with E-state index >= 15 is 0 Å². The third kappa shape index (κ3) is 4.51. The van der Waals surface area contributed by atoms with Crippen molar-refractivity contribution >= 4 is 42.3 Å². The van der Waals surface area contributed by atoms with E-state index in [4.69, 9.17) is 6.30 Å². The smallest absolute Gasteiger partial charge is 0.0157 e. The molecule has 0 atom stereocenters. The van der Waals surface area contributed by atoms with E-state index in [1.807, 2.05) is 0 Å². The second-order valence-corrected chi connectivity index (χ2v) is 12.0. The number of benzene rings is 4. The maximum absolute atomic E-state index is 4.80. The maximum Gasteiger partial charge on any atom is -0.0157 e. The van der Waals surface area contributed by atoms with E-state index in [2.05, 4.69) is 133 Å². The Morgan fingerprint density at radius 2 is 0.862 bits per heavy atom. The number of hydrogen-bond acceptors (Lipinski definition) is 0. The normalized spacial score (nSPS) is 11.8. The molecule has 0 spiro atoms. The van der Waals surface area contributed by atoms with Crippen molar-refractivity contribution in [2.75, 3.05) is 0 Å². The monoisotopic (exact) mass is 410 g/mol. The van der Waals surface area contributed by atoms with Gasteiger partial charge in [0.2, 0.25) is 0 Å². The topological polar surface area (TPSA) is 0 Å². The van der Waals surface area contributed by atoms with Crippen LogP contribution in [0.5, 0.6) is 0 Å².